The molecule has 0 amide bonds. The maximum Gasteiger partial charge on any atom is 0.213 e. The topological polar surface area (TPSA) is 3.88 Å². The average Bonchev–Trinajstić information content (AvgIpc) is 3.52. The van der Waals surface area contributed by atoms with Crippen molar-refractivity contribution in [2.45, 2.75) is 62.4 Å². The lowest BCUT2D eigenvalue weighted by molar-refractivity contribution is -0.752. The van der Waals surface area contributed by atoms with Crippen LogP contribution in [0.2, 0.25) is 39.3 Å². The number of hydrogen-bond acceptors (Lipinski definition) is 0. The fraction of sp³-hybridized carbons (Fsp3) is 0.227. The molecule has 5 aromatic rings. The first kappa shape index (κ1) is 30.2. The number of pyridine rings is 1. The molecule has 1 saturated carbocycles. The van der Waals surface area contributed by atoms with Crippen molar-refractivity contribution in [1.29, 1.82) is 0 Å². The number of aromatic nitrogens is 1. The van der Waals surface area contributed by atoms with Crippen LogP contribution in [-0.2, 0) is 10.3 Å². The van der Waals surface area contributed by atoms with Gasteiger partial charge in [0.05, 0.1) is 26.5 Å². The molecule has 238 valence electrons. The summed E-state index contributed by atoms with van der Waals surface area (Å²) < 4.78 is 2.85. The predicted molar refractivity (Wildman–Crippen MR) is 213 cm³/mol. The third-order valence-electron chi connectivity index (χ3n) is 11.4. The molecule has 4 aromatic carbocycles. The van der Waals surface area contributed by atoms with Crippen LogP contribution in [0, 0.1) is 0 Å². The van der Waals surface area contributed by atoms with Gasteiger partial charge in [0.25, 0.3) is 0 Å². The van der Waals surface area contributed by atoms with E-state index >= 15 is 0 Å². The van der Waals surface area contributed by atoms with Crippen molar-refractivity contribution in [2.75, 3.05) is 0 Å². The Hall–Kier alpha value is -3.84. The van der Waals surface area contributed by atoms with Gasteiger partial charge in [-0.15, -0.1) is 10.5 Å². The van der Waals surface area contributed by atoms with Crippen molar-refractivity contribution in [1.82, 2.24) is 0 Å². The van der Waals surface area contributed by atoms with Gasteiger partial charge >= 0.3 is 0 Å². The molecule has 4 aliphatic rings. The zero-order chi connectivity index (χ0) is 33.1. The quantitative estimate of drug-likeness (QED) is 0.101. The molecule has 3 aliphatic heterocycles. The van der Waals surface area contributed by atoms with Gasteiger partial charge in [-0.1, -0.05) is 142 Å². The summed E-state index contributed by atoms with van der Waals surface area (Å²) in [5.74, 6) is 0. The van der Waals surface area contributed by atoms with E-state index in [2.05, 4.69) is 177 Å². The maximum atomic E-state index is 2.75. The largest absolute Gasteiger partial charge is 0.213 e. The van der Waals surface area contributed by atoms with Gasteiger partial charge in [-0.05, 0) is 57.0 Å². The summed E-state index contributed by atoms with van der Waals surface area (Å²) in [5, 5.41) is 5.90. The molecule has 1 atom stereocenters. The van der Waals surface area contributed by atoms with E-state index in [0.29, 0.717) is 0 Å². The zero-order valence-electron chi connectivity index (χ0n) is 29.0. The van der Waals surface area contributed by atoms with E-state index in [-0.39, 0.29) is 20.8 Å². The standard InChI is InChI=1S/C44H44NSSi2/c1-47(2,3)35-19-23-41-37-25-33(31-13-9-7-10-14-31)17-21-39(37)43(45(41)27-35)29-44(30-43)40-22-18-34(32-15-11-8-12-16-32)26-38(40)42-24-20-36(28-46(42)44)48(4,5)6/h7-28H,29-30H2,1-6H3/q+1. The van der Waals surface area contributed by atoms with Crippen molar-refractivity contribution in [3.8, 4) is 33.5 Å². The molecule has 9 rings (SSSR count). The van der Waals surface area contributed by atoms with Gasteiger partial charge in [-0.3, -0.25) is 0 Å². The second kappa shape index (κ2) is 10.3. The van der Waals surface area contributed by atoms with E-state index in [0.717, 1.165) is 12.8 Å². The van der Waals surface area contributed by atoms with E-state index in [1.54, 1.807) is 20.8 Å². The summed E-state index contributed by atoms with van der Waals surface area (Å²) in [6, 6.07) is 41.5. The summed E-state index contributed by atoms with van der Waals surface area (Å²) >= 11 is 0. The number of benzene rings is 4. The molecule has 0 bridgehead atoms. The molecule has 4 heteroatoms. The van der Waals surface area contributed by atoms with Gasteiger partial charge in [-0.25, -0.2) is 0 Å². The summed E-state index contributed by atoms with van der Waals surface area (Å²) in [5.41, 5.74) is 12.5. The van der Waals surface area contributed by atoms with E-state index in [1.165, 1.54) is 44.6 Å². The van der Waals surface area contributed by atoms with Crippen LogP contribution in [0.1, 0.15) is 29.5 Å². The number of fused-ring (bicyclic) bond motifs is 9. The highest BCUT2D eigenvalue weighted by Crippen LogP contribution is 2.70. The molecular weight excluding hydrogens is 631 g/mol. The summed E-state index contributed by atoms with van der Waals surface area (Å²) in [7, 11) is -2.99. The Bertz CT molecular complexity index is 2240. The Morgan fingerprint density at radius 2 is 1.19 bits per heavy atom. The highest BCUT2D eigenvalue weighted by Gasteiger charge is 2.69. The Kier molecular flexibility index (Phi) is 6.51. The minimum atomic E-state index is -1.53. The van der Waals surface area contributed by atoms with Crippen molar-refractivity contribution < 1.29 is 4.57 Å². The zero-order valence-corrected chi connectivity index (χ0v) is 31.8. The van der Waals surface area contributed by atoms with E-state index in [9.17, 15) is 0 Å². The molecule has 1 unspecified atom stereocenters. The Balaban J connectivity index is 1.24. The molecule has 1 fully saturated rings. The molecule has 48 heavy (non-hydrogen) atoms. The van der Waals surface area contributed by atoms with Crippen LogP contribution in [0.4, 0.5) is 0 Å². The first-order valence-electron chi connectivity index (χ1n) is 17.5. The summed E-state index contributed by atoms with van der Waals surface area (Å²) in [4.78, 5) is 1.55. The summed E-state index contributed by atoms with van der Waals surface area (Å²) in [6.07, 6.45) is 9.83. The van der Waals surface area contributed by atoms with Crippen LogP contribution in [0.15, 0.2) is 138 Å². The van der Waals surface area contributed by atoms with Crippen LogP contribution in [-0.4, -0.2) is 21.0 Å². The first-order chi connectivity index (χ1) is 23.0. The lowest BCUT2D eigenvalue weighted by atomic mass is 9.61. The minimum absolute atomic E-state index is 0.0262. The van der Waals surface area contributed by atoms with Gasteiger partial charge in [0.2, 0.25) is 5.69 Å². The van der Waals surface area contributed by atoms with Crippen LogP contribution in [0.3, 0.4) is 0 Å². The molecule has 1 aliphatic carbocycles. The third-order valence-corrected chi connectivity index (χ3v) is 18.4. The monoisotopic (exact) mass is 674 g/mol. The van der Waals surface area contributed by atoms with Crippen LogP contribution in [0.5, 0.6) is 0 Å². The van der Waals surface area contributed by atoms with Crippen LogP contribution >= 0.6 is 10.5 Å². The molecule has 0 N–H and O–H groups in total. The second-order valence-electron chi connectivity index (χ2n) is 16.4. The third kappa shape index (κ3) is 4.35. The van der Waals surface area contributed by atoms with E-state index in [4.69, 9.17) is 0 Å². The van der Waals surface area contributed by atoms with Gasteiger partial charge in [-0.2, -0.15) is 4.57 Å². The fourth-order valence-corrected chi connectivity index (χ4v) is 15.1. The molecule has 0 saturated heterocycles. The molecular formula is C44H44NSSi2+. The molecule has 1 nitrogen and oxygen atoms in total. The van der Waals surface area contributed by atoms with Gasteiger partial charge < -0.3 is 0 Å². The van der Waals surface area contributed by atoms with Crippen LogP contribution in [0.25, 0.3) is 33.5 Å². The highest BCUT2D eigenvalue weighted by molar-refractivity contribution is 8.20. The van der Waals surface area contributed by atoms with E-state index < -0.39 is 16.1 Å². The molecule has 2 spiro atoms. The van der Waals surface area contributed by atoms with Crippen LogP contribution < -0.4 is 9.75 Å². The SMILES string of the molecule is C[Si](C)(C)C1=CS2=C(C=C1)c1cc(-c3ccccc3)ccc1C21CC2(C1)c1ccc(-c3ccccc3)cc1-c1ccc([Si](C)(C)C)c[n+]12. The van der Waals surface area contributed by atoms with Crippen molar-refractivity contribution in [3.05, 3.63) is 155 Å². The fourth-order valence-electron chi connectivity index (χ4n) is 8.72. The Morgan fingerprint density at radius 1 is 0.583 bits per heavy atom. The number of hydrogen-bond donors (Lipinski definition) is 0. The Morgan fingerprint density at radius 3 is 1.79 bits per heavy atom. The smallest absolute Gasteiger partial charge is 0.188 e. The normalized spacial score (nSPS) is 23.4. The van der Waals surface area contributed by atoms with Crippen molar-refractivity contribution >= 4 is 36.7 Å². The predicted octanol–water partition coefficient (Wildman–Crippen LogP) is 10.4. The molecule has 4 heterocycles. The van der Waals surface area contributed by atoms with Gasteiger partial charge in [0.1, 0.15) is 0 Å². The maximum absolute atomic E-state index is 2.75. The lowest BCUT2D eigenvalue weighted by Gasteiger charge is -2.51. The summed E-state index contributed by atoms with van der Waals surface area (Å²) in [6.45, 7) is 15.0. The van der Waals surface area contributed by atoms with Crippen molar-refractivity contribution in [2.24, 2.45) is 0 Å². The van der Waals surface area contributed by atoms with Crippen molar-refractivity contribution in [3.63, 3.8) is 0 Å². The van der Waals surface area contributed by atoms with Gasteiger partial charge in [0.15, 0.2) is 11.7 Å². The van der Waals surface area contributed by atoms with E-state index in [1.807, 2.05) is 0 Å². The first-order valence-corrected chi connectivity index (χ1v) is 25.7. The lowest BCUT2D eigenvalue weighted by Crippen LogP contribution is -2.67. The minimum Gasteiger partial charge on any atom is -0.188 e. The second-order valence-corrected chi connectivity index (χ2v) is 28.7. The Labute approximate surface area is 290 Å². The van der Waals surface area contributed by atoms with Gasteiger partial charge in [0, 0.05) is 34.5 Å². The molecule has 0 radical (unpaired) electrons. The number of rotatable bonds is 4. The molecule has 1 aromatic heterocycles. The highest BCUT2D eigenvalue weighted by atomic mass is 32.2. The number of allylic oxidation sites excluding steroid dienone is 3. The number of nitrogens with zero attached hydrogens (tertiary/aromatic N) is 1. The average molecular weight is 675 g/mol.